The maximum atomic E-state index is 12.4. The van der Waals surface area contributed by atoms with Gasteiger partial charge in [0, 0.05) is 11.3 Å². The molecule has 0 fully saturated rings. The summed E-state index contributed by atoms with van der Waals surface area (Å²) in [7, 11) is 0. The van der Waals surface area contributed by atoms with E-state index in [0.29, 0.717) is 23.4 Å². The summed E-state index contributed by atoms with van der Waals surface area (Å²) < 4.78 is 0. The van der Waals surface area contributed by atoms with Gasteiger partial charge in [-0.15, -0.1) is 11.3 Å². The van der Waals surface area contributed by atoms with E-state index in [9.17, 15) is 9.59 Å². The predicted molar refractivity (Wildman–Crippen MR) is 112 cm³/mol. The molecule has 2 aromatic rings. The number of primary amides is 1. The molecule has 3 N–H and O–H groups in total. The van der Waals surface area contributed by atoms with Gasteiger partial charge in [-0.3, -0.25) is 9.59 Å². The number of anilines is 1. The molecule has 2 amide bonds. The Bertz CT molecular complexity index is 844. The summed E-state index contributed by atoms with van der Waals surface area (Å²) in [6.07, 6.45) is 5.10. The first-order valence-corrected chi connectivity index (χ1v) is 10.4. The third-order valence-electron chi connectivity index (χ3n) is 5.13. The van der Waals surface area contributed by atoms with Crippen molar-refractivity contribution in [3.8, 4) is 0 Å². The van der Waals surface area contributed by atoms with Gasteiger partial charge in [0.1, 0.15) is 5.00 Å². The van der Waals surface area contributed by atoms with Crippen LogP contribution in [-0.2, 0) is 29.5 Å². The van der Waals surface area contributed by atoms with Crippen LogP contribution in [0.4, 0.5) is 5.00 Å². The Kier molecular flexibility index (Phi) is 5.70. The van der Waals surface area contributed by atoms with Crippen LogP contribution in [0, 0.1) is 0 Å². The Labute approximate surface area is 165 Å². The molecular formula is C22H28N2O2S. The van der Waals surface area contributed by atoms with Crippen LogP contribution in [0.1, 0.15) is 72.0 Å². The average molecular weight is 385 g/mol. The van der Waals surface area contributed by atoms with Crippen molar-refractivity contribution in [2.24, 2.45) is 5.73 Å². The number of fused-ring (bicyclic) bond motifs is 1. The maximum Gasteiger partial charge on any atom is 0.251 e. The zero-order valence-corrected chi connectivity index (χ0v) is 17.2. The fourth-order valence-electron chi connectivity index (χ4n) is 3.53. The molecule has 3 rings (SSSR count). The van der Waals surface area contributed by atoms with E-state index < -0.39 is 5.91 Å². The summed E-state index contributed by atoms with van der Waals surface area (Å²) in [5.41, 5.74) is 9.71. The molecule has 1 aromatic heterocycles. The number of carbonyl (C=O) groups is 2. The molecule has 0 aliphatic heterocycles. The topological polar surface area (TPSA) is 72.2 Å². The van der Waals surface area contributed by atoms with Gasteiger partial charge in [0.15, 0.2) is 0 Å². The van der Waals surface area contributed by atoms with Gasteiger partial charge < -0.3 is 11.1 Å². The van der Waals surface area contributed by atoms with Crippen LogP contribution < -0.4 is 11.1 Å². The van der Waals surface area contributed by atoms with Crippen molar-refractivity contribution < 1.29 is 9.59 Å². The quantitative estimate of drug-likeness (QED) is 0.791. The molecule has 0 radical (unpaired) electrons. The lowest BCUT2D eigenvalue weighted by Crippen LogP contribution is -2.18. The summed E-state index contributed by atoms with van der Waals surface area (Å²) >= 11 is 1.51. The van der Waals surface area contributed by atoms with E-state index in [2.05, 4.69) is 50.4 Å². The SMILES string of the molecule is CC(C)(C)c1ccc(CCC(=O)Nc2sc3c(c2C(N)=O)CCCC3)cc1. The number of carbonyl (C=O) groups excluding carboxylic acids is 2. The zero-order chi connectivity index (χ0) is 19.6. The van der Waals surface area contributed by atoms with Crippen LogP contribution in [-0.4, -0.2) is 11.8 Å². The fraction of sp³-hybridized carbons (Fsp3) is 0.455. The molecule has 5 heteroatoms. The van der Waals surface area contributed by atoms with Crippen molar-refractivity contribution in [1.29, 1.82) is 0 Å². The van der Waals surface area contributed by atoms with Gasteiger partial charge >= 0.3 is 0 Å². The lowest BCUT2D eigenvalue weighted by atomic mass is 9.86. The summed E-state index contributed by atoms with van der Waals surface area (Å²) in [4.78, 5) is 25.5. The highest BCUT2D eigenvalue weighted by Gasteiger charge is 2.24. The molecule has 4 nitrogen and oxygen atoms in total. The number of benzene rings is 1. The molecule has 0 bridgehead atoms. The molecule has 1 aliphatic rings. The van der Waals surface area contributed by atoms with Gasteiger partial charge in [0.05, 0.1) is 5.56 Å². The highest BCUT2D eigenvalue weighted by atomic mass is 32.1. The minimum atomic E-state index is -0.442. The Morgan fingerprint density at radius 3 is 2.41 bits per heavy atom. The Hall–Kier alpha value is -2.14. The number of amides is 2. The van der Waals surface area contributed by atoms with E-state index in [0.717, 1.165) is 36.8 Å². The number of hydrogen-bond acceptors (Lipinski definition) is 3. The minimum Gasteiger partial charge on any atom is -0.365 e. The maximum absolute atomic E-state index is 12.4. The normalized spacial score (nSPS) is 13.9. The van der Waals surface area contributed by atoms with Gasteiger partial charge in [0.25, 0.3) is 5.91 Å². The molecule has 0 saturated heterocycles. The second kappa shape index (κ2) is 7.85. The first kappa shape index (κ1) is 19.6. The summed E-state index contributed by atoms with van der Waals surface area (Å²) in [5.74, 6) is -0.515. The highest BCUT2D eigenvalue weighted by molar-refractivity contribution is 7.17. The van der Waals surface area contributed by atoms with Gasteiger partial charge in [-0.25, -0.2) is 0 Å². The fourth-order valence-corrected chi connectivity index (χ4v) is 4.84. The molecule has 144 valence electrons. The molecular weight excluding hydrogens is 356 g/mol. The monoisotopic (exact) mass is 384 g/mol. The largest absolute Gasteiger partial charge is 0.365 e. The Morgan fingerprint density at radius 2 is 1.78 bits per heavy atom. The first-order valence-electron chi connectivity index (χ1n) is 9.59. The number of rotatable bonds is 5. The van der Waals surface area contributed by atoms with Crippen molar-refractivity contribution in [3.05, 3.63) is 51.4 Å². The van der Waals surface area contributed by atoms with E-state index in [-0.39, 0.29) is 11.3 Å². The van der Waals surface area contributed by atoms with Crippen LogP contribution in [0.15, 0.2) is 24.3 Å². The number of nitrogens with one attached hydrogen (secondary N) is 1. The van der Waals surface area contributed by atoms with E-state index in [4.69, 9.17) is 5.73 Å². The smallest absolute Gasteiger partial charge is 0.251 e. The third kappa shape index (κ3) is 4.59. The first-order chi connectivity index (χ1) is 12.8. The van der Waals surface area contributed by atoms with Gasteiger partial charge in [-0.1, -0.05) is 45.0 Å². The standard InChI is InChI=1S/C22H28N2O2S/c1-22(2,3)15-11-8-14(9-12-15)10-13-18(25)24-21-19(20(23)26)16-6-4-5-7-17(16)27-21/h8-9,11-12H,4-7,10,13H2,1-3H3,(H2,23,26)(H,24,25). The molecule has 1 aliphatic carbocycles. The minimum absolute atomic E-state index is 0.0732. The third-order valence-corrected chi connectivity index (χ3v) is 6.34. The van der Waals surface area contributed by atoms with Crippen molar-refractivity contribution >= 4 is 28.2 Å². The summed E-state index contributed by atoms with van der Waals surface area (Å²) in [6, 6.07) is 8.44. The van der Waals surface area contributed by atoms with Crippen molar-refractivity contribution in [1.82, 2.24) is 0 Å². The Morgan fingerprint density at radius 1 is 1.11 bits per heavy atom. The second-order valence-electron chi connectivity index (χ2n) is 8.27. The van der Waals surface area contributed by atoms with Crippen molar-refractivity contribution in [2.75, 3.05) is 5.32 Å². The van der Waals surface area contributed by atoms with Crippen LogP contribution in [0.25, 0.3) is 0 Å². The van der Waals surface area contributed by atoms with E-state index >= 15 is 0 Å². The lowest BCUT2D eigenvalue weighted by molar-refractivity contribution is -0.116. The van der Waals surface area contributed by atoms with Gasteiger partial charge in [-0.05, 0) is 54.2 Å². The second-order valence-corrected chi connectivity index (χ2v) is 9.38. The average Bonchev–Trinajstić information content (AvgIpc) is 2.97. The van der Waals surface area contributed by atoms with Crippen molar-refractivity contribution in [2.45, 2.75) is 64.7 Å². The number of aryl methyl sites for hydroxylation is 2. The summed E-state index contributed by atoms with van der Waals surface area (Å²) in [5, 5.41) is 3.56. The molecule has 0 unspecified atom stereocenters. The number of hydrogen-bond donors (Lipinski definition) is 2. The molecule has 27 heavy (non-hydrogen) atoms. The molecule has 0 spiro atoms. The predicted octanol–water partition coefficient (Wildman–Crippen LogP) is 4.59. The van der Waals surface area contributed by atoms with E-state index in [1.54, 1.807) is 0 Å². The molecule has 1 heterocycles. The van der Waals surface area contributed by atoms with E-state index in [1.807, 2.05) is 0 Å². The zero-order valence-electron chi connectivity index (χ0n) is 16.4. The number of thiophene rings is 1. The van der Waals surface area contributed by atoms with Gasteiger partial charge in [0.2, 0.25) is 5.91 Å². The van der Waals surface area contributed by atoms with Crippen LogP contribution in [0.3, 0.4) is 0 Å². The molecule has 0 atom stereocenters. The van der Waals surface area contributed by atoms with Crippen LogP contribution >= 0.6 is 11.3 Å². The lowest BCUT2D eigenvalue weighted by Gasteiger charge is -2.19. The Balaban J connectivity index is 1.65. The molecule has 0 saturated carbocycles. The highest BCUT2D eigenvalue weighted by Crippen LogP contribution is 2.38. The van der Waals surface area contributed by atoms with Crippen LogP contribution in [0.5, 0.6) is 0 Å². The summed E-state index contributed by atoms with van der Waals surface area (Å²) in [6.45, 7) is 6.56. The van der Waals surface area contributed by atoms with E-state index in [1.165, 1.54) is 21.8 Å². The van der Waals surface area contributed by atoms with Gasteiger partial charge in [-0.2, -0.15) is 0 Å². The number of nitrogens with two attached hydrogens (primary N) is 1. The van der Waals surface area contributed by atoms with Crippen LogP contribution in [0.2, 0.25) is 0 Å². The molecule has 1 aromatic carbocycles. The van der Waals surface area contributed by atoms with Crippen molar-refractivity contribution in [3.63, 3.8) is 0 Å².